The Balaban J connectivity index is 1.68. The molecule has 4 nitrogen and oxygen atoms in total. The third-order valence-electron chi connectivity index (χ3n) is 2.98. The molecule has 0 amide bonds. The van der Waals surface area contributed by atoms with E-state index in [1.54, 1.807) is 0 Å². The van der Waals surface area contributed by atoms with Gasteiger partial charge in [-0.05, 0) is 17.9 Å². The Morgan fingerprint density at radius 1 is 1.47 bits per heavy atom. The summed E-state index contributed by atoms with van der Waals surface area (Å²) in [6.07, 6.45) is 4.15. The zero-order valence-electron chi connectivity index (χ0n) is 12.3. The lowest BCUT2D eigenvalue weighted by Crippen LogP contribution is -2.23. The van der Waals surface area contributed by atoms with E-state index in [-0.39, 0.29) is 0 Å². The molecule has 106 valence electrons. The van der Waals surface area contributed by atoms with Gasteiger partial charge in [-0.25, -0.2) is 0 Å². The number of hydrogen-bond acceptors (Lipinski definition) is 4. The molecule has 0 saturated carbocycles. The highest BCUT2D eigenvalue weighted by Gasteiger charge is 2.24. The van der Waals surface area contributed by atoms with Crippen LogP contribution in [0.3, 0.4) is 0 Å². The highest BCUT2D eigenvalue weighted by atomic mass is 32.2. The fourth-order valence-electron chi connectivity index (χ4n) is 2.20. The molecule has 0 radical (unpaired) electrons. The van der Waals surface area contributed by atoms with Crippen molar-refractivity contribution < 1.29 is 0 Å². The third kappa shape index (κ3) is 4.90. The second kappa shape index (κ2) is 5.99. The monoisotopic (exact) mass is 280 g/mol. The number of aromatic nitrogens is 2. The molecule has 2 rings (SSSR count). The lowest BCUT2D eigenvalue weighted by atomic mass is 9.90. The van der Waals surface area contributed by atoms with E-state index in [1.807, 2.05) is 29.7 Å². The van der Waals surface area contributed by atoms with Gasteiger partial charge < -0.3 is 5.32 Å². The van der Waals surface area contributed by atoms with Gasteiger partial charge in [-0.1, -0.05) is 32.5 Å². The van der Waals surface area contributed by atoms with Gasteiger partial charge in [0.25, 0.3) is 0 Å². The first-order valence-electron chi connectivity index (χ1n) is 6.86. The molecule has 0 aromatic carbocycles. The van der Waals surface area contributed by atoms with Crippen molar-refractivity contribution >= 4 is 16.9 Å². The molecule has 1 aromatic heterocycles. The Bertz CT molecular complexity index is 445. The molecular formula is C14H24N4S. The number of amidine groups is 1. The number of aliphatic imine (C=N–C) groups is 1. The van der Waals surface area contributed by atoms with E-state index in [9.17, 15) is 0 Å². The predicted octanol–water partition coefficient (Wildman–Crippen LogP) is 2.46. The molecule has 0 aliphatic carbocycles. The fourth-order valence-corrected chi connectivity index (χ4v) is 3.58. The zero-order valence-corrected chi connectivity index (χ0v) is 13.1. The second-order valence-electron chi connectivity index (χ2n) is 6.31. The largest absolute Gasteiger partial charge is 0.365 e. The number of nitrogens with zero attached hydrogens (tertiary/aromatic N) is 3. The Kier molecular flexibility index (Phi) is 4.55. The lowest BCUT2D eigenvalue weighted by molar-refractivity contribution is 0.375. The molecule has 2 heterocycles. The minimum atomic E-state index is 0.386. The van der Waals surface area contributed by atoms with Crippen LogP contribution in [0.25, 0.3) is 0 Å². The SMILES string of the molecule is Cn1ccc(CCNC2=NCC(CC(C)(C)C)S2)n1. The van der Waals surface area contributed by atoms with Gasteiger partial charge in [-0.3, -0.25) is 9.67 Å². The highest BCUT2D eigenvalue weighted by Crippen LogP contribution is 2.31. The number of hydrogen-bond donors (Lipinski definition) is 1. The summed E-state index contributed by atoms with van der Waals surface area (Å²) in [5, 5.41) is 9.53. The number of aryl methyl sites for hydroxylation is 1. The van der Waals surface area contributed by atoms with Crippen molar-refractivity contribution in [1.82, 2.24) is 15.1 Å². The van der Waals surface area contributed by atoms with Crippen LogP contribution in [-0.2, 0) is 13.5 Å². The van der Waals surface area contributed by atoms with Crippen LogP contribution in [0.5, 0.6) is 0 Å². The molecule has 1 N–H and O–H groups in total. The maximum Gasteiger partial charge on any atom is 0.156 e. The van der Waals surface area contributed by atoms with Crippen molar-refractivity contribution in [2.45, 2.75) is 38.9 Å². The van der Waals surface area contributed by atoms with Gasteiger partial charge in [0.15, 0.2) is 5.17 Å². The second-order valence-corrected chi connectivity index (χ2v) is 7.60. The topological polar surface area (TPSA) is 42.2 Å². The van der Waals surface area contributed by atoms with Crippen LogP contribution in [0.15, 0.2) is 17.3 Å². The molecule has 0 saturated heterocycles. The van der Waals surface area contributed by atoms with Gasteiger partial charge in [-0.2, -0.15) is 5.10 Å². The van der Waals surface area contributed by atoms with Crippen molar-refractivity contribution in [3.63, 3.8) is 0 Å². The summed E-state index contributed by atoms with van der Waals surface area (Å²) in [6.45, 7) is 8.74. The third-order valence-corrected chi connectivity index (χ3v) is 4.13. The zero-order chi connectivity index (χ0) is 13.9. The average molecular weight is 280 g/mol. The van der Waals surface area contributed by atoms with Gasteiger partial charge >= 0.3 is 0 Å². The van der Waals surface area contributed by atoms with E-state index >= 15 is 0 Å². The first-order chi connectivity index (χ1) is 8.92. The number of nitrogens with one attached hydrogen (secondary N) is 1. The summed E-state index contributed by atoms with van der Waals surface area (Å²) in [7, 11) is 1.95. The predicted molar refractivity (Wildman–Crippen MR) is 82.7 cm³/mol. The average Bonchev–Trinajstić information content (AvgIpc) is 2.86. The summed E-state index contributed by atoms with van der Waals surface area (Å²) in [4.78, 5) is 4.58. The minimum absolute atomic E-state index is 0.386. The van der Waals surface area contributed by atoms with Gasteiger partial charge in [0.2, 0.25) is 0 Å². The lowest BCUT2D eigenvalue weighted by Gasteiger charge is -2.21. The molecule has 1 unspecified atom stereocenters. The maximum absolute atomic E-state index is 4.58. The van der Waals surface area contributed by atoms with Gasteiger partial charge in [0.1, 0.15) is 0 Å². The highest BCUT2D eigenvalue weighted by molar-refractivity contribution is 8.14. The summed E-state index contributed by atoms with van der Waals surface area (Å²) >= 11 is 1.89. The number of thioether (sulfide) groups is 1. The first-order valence-corrected chi connectivity index (χ1v) is 7.74. The Labute approximate surface area is 120 Å². The van der Waals surface area contributed by atoms with Crippen molar-refractivity contribution in [2.24, 2.45) is 17.5 Å². The molecule has 1 aliphatic rings. The van der Waals surface area contributed by atoms with E-state index in [0.717, 1.165) is 30.4 Å². The normalized spacial score (nSPS) is 19.6. The Morgan fingerprint density at radius 3 is 2.89 bits per heavy atom. The summed E-state index contributed by atoms with van der Waals surface area (Å²) < 4.78 is 1.84. The maximum atomic E-state index is 4.58. The molecule has 5 heteroatoms. The van der Waals surface area contributed by atoms with Gasteiger partial charge in [0.05, 0.1) is 12.2 Å². The van der Waals surface area contributed by atoms with Crippen LogP contribution in [0.1, 0.15) is 32.9 Å². The molecule has 1 aromatic rings. The summed E-state index contributed by atoms with van der Waals surface area (Å²) in [5.41, 5.74) is 1.51. The van der Waals surface area contributed by atoms with E-state index in [1.165, 1.54) is 6.42 Å². The Morgan fingerprint density at radius 2 is 2.26 bits per heavy atom. The van der Waals surface area contributed by atoms with E-state index in [2.05, 4.69) is 42.2 Å². The van der Waals surface area contributed by atoms with Crippen LogP contribution in [-0.4, -0.2) is 33.3 Å². The van der Waals surface area contributed by atoms with Crippen LogP contribution < -0.4 is 5.32 Å². The number of rotatable bonds is 4. The molecule has 0 spiro atoms. The van der Waals surface area contributed by atoms with E-state index in [0.29, 0.717) is 10.7 Å². The van der Waals surface area contributed by atoms with Crippen LogP contribution in [0, 0.1) is 5.41 Å². The molecule has 19 heavy (non-hydrogen) atoms. The van der Waals surface area contributed by atoms with Crippen molar-refractivity contribution in [3.05, 3.63) is 18.0 Å². The van der Waals surface area contributed by atoms with Crippen LogP contribution in [0.2, 0.25) is 0 Å². The van der Waals surface area contributed by atoms with E-state index in [4.69, 9.17) is 0 Å². The van der Waals surface area contributed by atoms with Crippen LogP contribution >= 0.6 is 11.8 Å². The van der Waals surface area contributed by atoms with E-state index < -0.39 is 0 Å². The van der Waals surface area contributed by atoms with Crippen molar-refractivity contribution in [1.29, 1.82) is 0 Å². The standard InChI is InChI=1S/C14H24N4S/c1-14(2,3)9-12-10-16-13(19-12)15-7-5-11-6-8-18(4)17-11/h6,8,12H,5,7,9-10H2,1-4H3,(H,15,16). The Hall–Kier alpha value is -0.970. The summed E-state index contributed by atoms with van der Waals surface area (Å²) in [5.74, 6) is 0. The summed E-state index contributed by atoms with van der Waals surface area (Å²) in [6, 6.07) is 2.06. The van der Waals surface area contributed by atoms with Gasteiger partial charge in [0, 0.05) is 31.5 Å². The smallest absolute Gasteiger partial charge is 0.156 e. The molecule has 1 atom stereocenters. The van der Waals surface area contributed by atoms with Crippen LogP contribution in [0.4, 0.5) is 0 Å². The molecule has 1 aliphatic heterocycles. The molecule has 0 bridgehead atoms. The fraction of sp³-hybridized carbons (Fsp3) is 0.714. The minimum Gasteiger partial charge on any atom is -0.365 e. The molecule has 0 fully saturated rings. The quantitative estimate of drug-likeness (QED) is 0.921. The first kappa shape index (κ1) is 14.4. The van der Waals surface area contributed by atoms with Gasteiger partial charge in [-0.15, -0.1) is 0 Å². The van der Waals surface area contributed by atoms with Crippen molar-refractivity contribution in [3.8, 4) is 0 Å². The molecular weight excluding hydrogens is 256 g/mol. The van der Waals surface area contributed by atoms with Crippen molar-refractivity contribution in [2.75, 3.05) is 13.1 Å².